The molecule has 124 valence electrons. The summed E-state index contributed by atoms with van der Waals surface area (Å²) in [5.41, 5.74) is 3.03. The van der Waals surface area contributed by atoms with Gasteiger partial charge in [0.25, 0.3) is 0 Å². The van der Waals surface area contributed by atoms with Crippen LogP contribution in [0, 0.1) is 0 Å². The van der Waals surface area contributed by atoms with Crippen LogP contribution >= 0.6 is 0 Å². The lowest BCUT2D eigenvalue weighted by atomic mass is 10.1. The smallest absolute Gasteiger partial charge is 0.212 e. The van der Waals surface area contributed by atoms with Crippen molar-refractivity contribution in [2.45, 2.75) is 26.3 Å². The van der Waals surface area contributed by atoms with E-state index in [1.165, 1.54) is 0 Å². The van der Waals surface area contributed by atoms with E-state index in [1.807, 2.05) is 48.5 Å². The van der Waals surface area contributed by atoms with E-state index in [9.17, 15) is 8.42 Å². The largest absolute Gasteiger partial charge is 0.496 e. The van der Waals surface area contributed by atoms with Crippen molar-refractivity contribution in [2.75, 3.05) is 12.9 Å². The van der Waals surface area contributed by atoms with Crippen LogP contribution in [0.4, 0.5) is 0 Å². The first-order valence-electron chi connectivity index (χ1n) is 7.71. The average molecular weight is 333 g/mol. The lowest BCUT2D eigenvalue weighted by Crippen LogP contribution is -2.27. The van der Waals surface area contributed by atoms with Gasteiger partial charge in [0.05, 0.1) is 12.9 Å². The van der Waals surface area contributed by atoms with E-state index in [0.29, 0.717) is 12.2 Å². The van der Waals surface area contributed by atoms with Crippen LogP contribution in [0.15, 0.2) is 48.5 Å². The first-order valence-corrected chi connectivity index (χ1v) is 9.36. The fourth-order valence-corrected chi connectivity index (χ4v) is 3.37. The van der Waals surface area contributed by atoms with Gasteiger partial charge in [-0.1, -0.05) is 49.4 Å². The van der Waals surface area contributed by atoms with Gasteiger partial charge in [-0.15, -0.1) is 0 Å². The summed E-state index contributed by atoms with van der Waals surface area (Å²) in [5, 5.41) is 0. The molecular weight excluding hydrogens is 310 g/mol. The quantitative estimate of drug-likeness (QED) is 0.808. The molecule has 0 unspecified atom stereocenters. The molecule has 5 heteroatoms. The summed E-state index contributed by atoms with van der Waals surface area (Å²) in [7, 11) is -1.74. The number of benzene rings is 2. The van der Waals surface area contributed by atoms with E-state index in [-0.39, 0.29) is 12.3 Å². The zero-order valence-corrected chi connectivity index (χ0v) is 14.4. The third kappa shape index (κ3) is 5.37. The summed E-state index contributed by atoms with van der Waals surface area (Å²) in [4.78, 5) is 0. The van der Waals surface area contributed by atoms with Gasteiger partial charge in [0.1, 0.15) is 5.75 Å². The summed E-state index contributed by atoms with van der Waals surface area (Å²) >= 11 is 0. The van der Waals surface area contributed by atoms with Gasteiger partial charge >= 0.3 is 0 Å². The van der Waals surface area contributed by atoms with E-state index in [0.717, 1.165) is 23.1 Å². The predicted molar refractivity (Wildman–Crippen MR) is 93.1 cm³/mol. The molecule has 0 aliphatic heterocycles. The molecule has 0 aromatic heterocycles. The molecule has 0 amide bonds. The minimum atomic E-state index is -3.33. The van der Waals surface area contributed by atoms with E-state index in [4.69, 9.17) is 4.74 Å². The van der Waals surface area contributed by atoms with Crippen LogP contribution in [-0.2, 0) is 29.4 Å². The number of ether oxygens (including phenoxy) is 1. The molecular formula is C18H23NO3S. The Balaban J connectivity index is 1.98. The number of methoxy groups -OCH3 is 1. The van der Waals surface area contributed by atoms with Gasteiger partial charge < -0.3 is 4.74 Å². The van der Waals surface area contributed by atoms with Crippen molar-refractivity contribution in [2.24, 2.45) is 0 Å². The minimum Gasteiger partial charge on any atom is -0.496 e. The summed E-state index contributed by atoms with van der Waals surface area (Å²) in [6.07, 6.45) is 1.40. The first-order chi connectivity index (χ1) is 11.0. The third-order valence-electron chi connectivity index (χ3n) is 3.74. The Bertz CT molecular complexity index is 727. The molecule has 0 aliphatic rings. The summed E-state index contributed by atoms with van der Waals surface area (Å²) in [6.45, 7) is 2.31. The van der Waals surface area contributed by atoms with Crippen LogP contribution < -0.4 is 9.46 Å². The Hall–Kier alpha value is -1.85. The van der Waals surface area contributed by atoms with Crippen LogP contribution in [0.3, 0.4) is 0 Å². The Labute approximate surface area is 138 Å². The lowest BCUT2D eigenvalue weighted by Gasteiger charge is -2.12. The minimum absolute atomic E-state index is 0.0762. The van der Waals surface area contributed by atoms with Crippen molar-refractivity contribution < 1.29 is 13.2 Å². The highest BCUT2D eigenvalue weighted by Gasteiger charge is 2.12. The Morgan fingerprint density at radius 2 is 1.78 bits per heavy atom. The van der Waals surface area contributed by atoms with Crippen molar-refractivity contribution in [3.63, 3.8) is 0 Å². The molecule has 0 fully saturated rings. The van der Waals surface area contributed by atoms with E-state index in [2.05, 4.69) is 11.6 Å². The molecule has 2 rings (SSSR count). The molecule has 0 radical (unpaired) electrons. The molecule has 0 heterocycles. The molecule has 0 atom stereocenters. The van der Waals surface area contributed by atoms with Gasteiger partial charge in [-0.3, -0.25) is 0 Å². The van der Waals surface area contributed by atoms with Gasteiger partial charge in [0, 0.05) is 12.1 Å². The van der Waals surface area contributed by atoms with Crippen LogP contribution in [0.25, 0.3) is 0 Å². The SMILES string of the molecule is CCc1ccc(OC)c(CNS(=O)(=O)CCc2ccccc2)c1. The predicted octanol–water partition coefficient (Wildman–Crippen LogP) is 2.92. The van der Waals surface area contributed by atoms with E-state index in [1.54, 1.807) is 7.11 Å². The zero-order valence-electron chi connectivity index (χ0n) is 13.6. The highest BCUT2D eigenvalue weighted by Crippen LogP contribution is 2.20. The van der Waals surface area contributed by atoms with E-state index >= 15 is 0 Å². The van der Waals surface area contributed by atoms with Crippen molar-refractivity contribution in [1.82, 2.24) is 4.72 Å². The molecule has 1 N–H and O–H groups in total. The number of nitrogens with one attached hydrogen (secondary N) is 1. The number of aryl methyl sites for hydroxylation is 2. The summed E-state index contributed by atoms with van der Waals surface area (Å²) < 4.78 is 32.3. The second-order valence-electron chi connectivity index (χ2n) is 5.38. The maximum absolute atomic E-state index is 12.2. The zero-order chi connectivity index (χ0) is 16.7. The molecule has 23 heavy (non-hydrogen) atoms. The van der Waals surface area contributed by atoms with Gasteiger partial charge in [-0.25, -0.2) is 13.1 Å². The van der Waals surface area contributed by atoms with Crippen LogP contribution in [-0.4, -0.2) is 21.3 Å². The van der Waals surface area contributed by atoms with Crippen molar-refractivity contribution in [3.8, 4) is 5.75 Å². The van der Waals surface area contributed by atoms with Crippen LogP contribution in [0.1, 0.15) is 23.6 Å². The fraction of sp³-hybridized carbons (Fsp3) is 0.333. The lowest BCUT2D eigenvalue weighted by molar-refractivity contribution is 0.409. The molecule has 2 aromatic carbocycles. The average Bonchev–Trinajstić information content (AvgIpc) is 2.59. The molecule has 0 aliphatic carbocycles. The molecule has 0 bridgehead atoms. The van der Waals surface area contributed by atoms with Crippen molar-refractivity contribution in [3.05, 3.63) is 65.2 Å². The van der Waals surface area contributed by atoms with Gasteiger partial charge in [-0.05, 0) is 30.0 Å². The number of hydrogen-bond acceptors (Lipinski definition) is 3. The standard InChI is InChI=1S/C18H23NO3S/c1-3-15-9-10-18(22-2)17(13-15)14-19-23(20,21)12-11-16-7-5-4-6-8-16/h4-10,13,19H,3,11-12,14H2,1-2H3. The maximum Gasteiger partial charge on any atom is 0.212 e. The normalized spacial score (nSPS) is 11.4. The highest BCUT2D eigenvalue weighted by atomic mass is 32.2. The fourth-order valence-electron chi connectivity index (χ4n) is 2.35. The Morgan fingerprint density at radius 1 is 1.04 bits per heavy atom. The Kier molecular flexibility index (Phi) is 6.19. The molecule has 2 aromatic rings. The van der Waals surface area contributed by atoms with Crippen molar-refractivity contribution in [1.29, 1.82) is 0 Å². The second kappa shape index (κ2) is 8.13. The van der Waals surface area contributed by atoms with Gasteiger partial charge in [0.15, 0.2) is 0 Å². The topological polar surface area (TPSA) is 55.4 Å². The van der Waals surface area contributed by atoms with Gasteiger partial charge in [-0.2, -0.15) is 0 Å². The van der Waals surface area contributed by atoms with Crippen molar-refractivity contribution >= 4 is 10.0 Å². The summed E-state index contributed by atoms with van der Waals surface area (Å²) in [6, 6.07) is 15.5. The van der Waals surface area contributed by atoms with Gasteiger partial charge in [0.2, 0.25) is 10.0 Å². The van der Waals surface area contributed by atoms with Crippen LogP contribution in [0.5, 0.6) is 5.75 Å². The molecule has 4 nitrogen and oxygen atoms in total. The maximum atomic E-state index is 12.2. The molecule has 0 saturated heterocycles. The second-order valence-corrected chi connectivity index (χ2v) is 7.30. The van der Waals surface area contributed by atoms with E-state index < -0.39 is 10.0 Å². The highest BCUT2D eigenvalue weighted by molar-refractivity contribution is 7.89. The van der Waals surface area contributed by atoms with Crippen LogP contribution in [0.2, 0.25) is 0 Å². The number of sulfonamides is 1. The molecule has 0 spiro atoms. The Morgan fingerprint density at radius 3 is 2.43 bits per heavy atom. The number of hydrogen-bond donors (Lipinski definition) is 1. The monoisotopic (exact) mass is 333 g/mol. The first kappa shape index (κ1) is 17.5. The summed E-state index contributed by atoms with van der Waals surface area (Å²) in [5.74, 6) is 0.778. The molecule has 0 saturated carbocycles. The number of rotatable bonds is 8. The third-order valence-corrected chi connectivity index (χ3v) is 5.06.